The molecule has 8 heteroatoms. The topological polar surface area (TPSA) is 116 Å². The highest BCUT2D eigenvalue weighted by molar-refractivity contribution is 5.53. The molecule has 22 heavy (non-hydrogen) atoms. The summed E-state index contributed by atoms with van der Waals surface area (Å²) in [6.07, 6.45) is 3.38. The highest BCUT2D eigenvalue weighted by Gasteiger charge is 2.35. The van der Waals surface area contributed by atoms with Crippen LogP contribution in [0.4, 0.5) is 17.5 Å². The first-order valence-corrected chi connectivity index (χ1v) is 7.41. The maximum atomic E-state index is 10.7. The van der Waals surface area contributed by atoms with Crippen molar-refractivity contribution in [3.8, 4) is 0 Å². The zero-order valence-corrected chi connectivity index (χ0v) is 13.2. The zero-order valence-electron chi connectivity index (χ0n) is 13.2. The molecule has 0 bridgehead atoms. The molecule has 3 N–H and O–H groups in total. The van der Waals surface area contributed by atoms with E-state index in [1.165, 1.54) is 0 Å². The number of hydrogen-bond acceptors (Lipinski definition) is 7. The number of anilines is 2. The Morgan fingerprint density at radius 3 is 2.86 bits per heavy atom. The Hall–Kier alpha value is -1.96. The Labute approximate surface area is 129 Å². The van der Waals surface area contributed by atoms with Gasteiger partial charge in [0.15, 0.2) is 0 Å². The SMILES string of the molecule is CC(C)(C)C1OCCCC1CNc1ncc([N+](=O)[O-])c(N)n1. The molecule has 0 radical (unpaired) electrons. The van der Waals surface area contributed by atoms with Crippen molar-refractivity contribution in [2.24, 2.45) is 11.3 Å². The Morgan fingerprint density at radius 2 is 2.27 bits per heavy atom. The number of nitrogens with two attached hydrogens (primary N) is 1. The van der Waals surface area contributed by atoms with E-state index in [4.69, 9.17) is 10.5 Å². The maximum absolute atomic E-state index is 10.7. The summed E-state index contributed by atoms with van der Waals surface area (Å²) in [7, 11) is 0. The van der Waals surface area contributed by atoms with Gasteiger partial charge in [-0.25, -0.2) is 4.98 Å². The van der Waals surface area contributed by atoms with Crippen LogP contribution in [-0.2, 0) is 4.74 Å². The number of aromatic nitrogens is 2. The van der Waals surface area contributed by atoms with Crippen molar-refractivity contribution in [1.29, 1.82) is 0 Å². The molecule has 8 nitrogen and oxygen atoms in total. The third kappa shape index (κ3) is 3.82. The molecule has 1 aromatic rings. The molecular weight excluding hydrogens is 286 g/mol. The van der Waals surface area contributed by atoms with Crippen molar-refractivity contribution in [1.82, 2.24) is 9.97 Å². The lowest BCUT2D eigenvalue weighted by Crippen LogP contribution is -2.42. The molecule has 122 valence electrons. The summed E-state index contributed by atoms with van der Waals surface area (Å²) in [5.74, 6) is 0.518. The van der Waals surface area contributed by atoms with Crippen LogP contribution in [0.1, 0.15) is 33.6 Å². The molecule has 1 saturated heterocycles. The lowest BCUT2D eigenvalue weighted by atomic mass is 9.78. The monoisotopic (exact) mass is 309 g/mol. The molecule has 0 aromatic carbocycles. The van der Waals surface area contributed by atoms with Crippen LogP contribution in [0.3, 0.4) is 0 Å². The number of nitrogens with zero attached hydrogens (tertiary/aromatic N) is 3. The van der Waals surface area contributed by atoms with Gasteiger partial charge in [0.25, 0.3) is 0 Å². The molecule has 1 aromatic heterocycles. The van der Waals surface area contributed by atoms with Gasteiger partial charge in [0.05, 0.1) is 11.0 Å². The Balaban J connectivity index is 2.02. The van der Waals surface area contributed by atoms with Crippen molar-refractivity contribution in [2.45, 2.75) is 39.7 Å². The predicted molar refractivity (Wildman–Crippen MR) is 83.5 cm³/mol. The first kappa shape index (κ1) is 16.4. The molecule has 0 amide bonds. The molecule has 1 fully saturated rings. The molecule has 2 heterocycles. The fourth-order valence-corrected chi connectivity index (χ4v) is 2.85. The largest absolute Gasteiger partial charge is 0.378 e. The maximum Gasteiger partial charge on any atom is 0.329 e. The molecule has 0 spiro atoms. The molecule has 2 rings (SSSR count). The second kappa shape index (κ2) is 6.43. The minimum Gasteiger partial charge on any atom is -0.378 e. The minimum absolute atomic E-state index is 0.0577. The van der Waals surface area contributed by atoms with Crippen LogP contribution in [0, 0.1) is 21.4 Å². The van der Waals surface area contributed by atoms with Gasteiger partial charge in [-0.15, -0.1) is 0 Å². The van der Waals surface area contributed by atoms with Gasteiger partial charge in [0.2, 0.25) is 11.8 Å². The van der Waals surface area contributed by atoms with Crippen molar-refractivity contribution < 1.29 is 9.66 Å². The van der Waals surface area contributed by atoms with E-state index < -0.39 is 4.92 Å². The number of ether oxygens (including phenoxy) is 1. The number of nitrogens with one attached hydrogen (secondary N) is 1. The van der Waals surface area contributed by atoms with Crippen molar-refractivity contribution in [3.63, 3.8) is 0 Å². The van der Waals surface area contributed by atoms with Crippen LogP contribution in [0.25, 0.3) is 0 Å². The molecular formula is C14H23N5O3. The summed E-state index contributed by atoms with van der Waals surface area (Å²) in [5, 5.41) is 13.8. The van der Waals surface area contributed by atoms with Crippen molar-refractivity contribution in [2.75, 3.05) is 24.2 Å². The number of nitro groups is 1. The lowest BCUT2D eigenvalue weighted by Gasteiger charge is -2.40. The van der Waals surface area contributed by atoms with Crippen LogP contribution in [0.5, 0.6) is 0 Å². The van der Waals surface area contributed by atoms with E-state index >= 15 is 0 Å². The minimum atomic E-state index is -0.594. The van der Waals surface area contributed by atoms with Crippen LogP contribution in [0.15, 0.2) is 6.20 Å². The van der Waals surface area contributed by atoms with Gasteiger partial charge >= 0.3 is 5.69 Å². The van der Waals surface area contributed by atoms with E-state index in [1.54, 1.807) is 0 Å². The fourth-order valence-electron chi connectivity index (χ4n) is 2.85. The average Bonchev–Trinajstić information content (AvgIpc) is 2.44. The first-order valence-electron chi connectivity index (χ1n) is 7.41. The van der Waals surface area contributed by atoms with E-state index in [-0.39, 0.29) is 23.0 Å². The number of nitrogen functional groups attached to an aromatic ring is 1. The molecule has 1 aliphatic rings. The van der Waals surface area contributed by atoms with Gasteiger partial charge in [-0.1, -0.05) is 20.8 Å². The standard InChI is InChI=1S/C14H23N5O3/c1-14(2,3)11-9(5-4-6-22-11)7-16-13-17-8-10(19(20)21)12(15)18-13/h8-9,11H,4-7H2,1-3H3,(H3,15,16,17,18). The van der Waals surface area contributed by atoms with E-state index in [9.17, 15) is 10.1 Å². The van der Waals surface area contributed by atoms with Gasteiger partial charge in [0, 0.05) is 19.1 Å². The highest BCUT2D eigenvalue weighted by Crippen LogP contribution is 2.34. The lowest BCUT2D eigenvalue weighted by molar-refractivity contribution is -0.384. The van der Waals surface area contributed by atoms with Gasteiger partial charge < -0.3 is 15.8 Å². The van der Waals surface area contributed by atoms with E-state index in [2.05, 4.69) is 36.1 Å². The summed E-state index contributed by atoms with van der Waals surface area (Å²) < 4.78 is 5.92. The summed E-state index contributed by atoms with van der Waals surface area (Å²) in [5.41, 5.74) is 5.35. The van der Waals surface area contributed by atoms with Gasteiger partial charge in [-0.2, -0.15) is 4.98 Å². The average molecular weight is 309 g/mol. The highest BCUT2D eigenvalue weighted by atomic mass is 16.6. The molecule has 0 aliphatic carbocycles. The zero-order chi connectivity index (χ0) is 16.3. The van der Waals surface area contributed by atoms with Crippen LogP contribution in [-0.4, -0.2) is 34.1 Å². The smallest absolute Gasteiger partial charge is 0.329 e. The second-order valence-corrected chi connectivity index (χ2v) is 6.66. The van der Waals surface area contributed by atoms with E-state index in [0.29, 0.717) is 18.4 Å². The Bertz CT molecular complexity index is 544. The number of rotatable bonds is 4. The molecule has 2 unspecified atom stereocenters. The van der Waals surface area contributed by atoms with E-state index in [1.807, 2.05) is 0 Å². The van der Waals surface area contributed by atoms with Gasteiger partial charge in [-0.05, 0) is 18.3 Å². The summed E-state index contributed by atoms with van der Waals surface area (Å²) in [6, 6.07) is 0. The first-order chi connectivity index (χ1) is 10.3. The summed E-state index contributed by atoms with van der Waals surface area (Å²) >= 11 is 0. The van der Waals surface area contributed by atoms with Gasteiger partial charge in [-0.3, -0.25) is 10.1 Å². The molecule has 1 aliphatic heterocycles. The van der Waals surface area contributed by atoms with Crippen LogP contribution < -0.4 is 11.1 Å². The van der Waals surface area contributed by atoms with Gasteiger partial charge in [0.1, 0.15) is 6.20 Å². The normalized spacial score (nSPS) is 22.3. The summed E-state index contributed by atoms with van der Waals surface area (Å²) in [6.45, 7) is 7.93. The van der Waals surface area contributed by atoms with Crippen molar-refractivity contribution >= 4 is 17.5 Å². The Kier molecular flexibility index (Phi) is 4.80. The van der Waals surface area contributed by atoms with E-state index in [0.717, 1.165) is 25.6 Å². The summed E-state index contributed by atoms with van der Waals surface area (Å²) in [4.78, 5) is 18.0. The van der Waals surface area contributed by atoms with Crippen LogP contribution >= 0.6 is 0 Å². The second-order valence-electron chi connectivity index (χ2n) is 6.66. The number of hydrogen-bond donors (Lipinski definition) is 2. The molecule has 2 atom stereocenters. The fraction of sp³-hybridized carbons (Fsp3) is 0.714. The van der Waals surface area contributed by atoms with Crippen molar-refractivity contribution in [3.05, 3.63) is 16.3 Å². The Morgan fingerprint density at radius 1 is 1.55 bits per heavy atom. The van der Waals surface area contributed by atoms with Crippen LogP contribution in [0.2, 0.25) is 0 Å². The third-order valence-corrected chi connectivity index (χ3v) is 3.82. The molecule has 0 saturated carbocycles. The quantitative estimate of drug-likeness (QED) is 0.647. The third-order valence-electron chi connectivity index (χ3n) is 3.82. The predicted octanol–water partition coefficient (Wildman–Crippen LogP) is 2.22.